The van der Waals surface area contributed by atoms with E-state index in [0.717, 1.165) is 11.4 Å². The van der Waals surface area contributed by atoms with Crippen molar-refractivity contribution in [3.8, 4) is 35.1 Å². The fourth-order valence-electron chi connectivity index (χ4n) is 7.81. The molecule has 2 amide bonds. The third-order valence-corrected chi connectivity index (χ3v) is 12.3. The molecule has 88 heavy (non-hydrogen) atoms. The lowest BCUT2D eigenvalue weighted by molar-refractivity contribution is -0.134. The number of aliphatic carboxylic acids is 2. The van der Waals surface area contributed by atoms with Crippen molar-refractivity contribution in [2.24, 2.45) is 0 Å². The summed E-state index contributed by atoms with van der Waals surface area (Å²) in [4.78, 5) is 65.6. The van der Waals surface area contributed by atoms with Gasteiger partial charge in [0.1, 0.15) is 48.4 Å². The van der Waals surface area contributed by atoms with Crippen LogP contribution in [0.4, 0.5) is 34.1 Å². The number of hydrogen-bond donors (Lipinski definition) is 6. The molecule has 452 valence electrons. The zero-order valence-electron chi connectivity index (χ0n) is 48.7. The Labute approximate surface area is 517 Å². The number of pyridine rings is 4. The third kappa shape index (κ3) is 20.6. The first-order valence-corrected chi connectivity index (χ1v) is 27.7. The van der Waals surface area contributed by atoms with E-state index in [4.69, 9.17) is 52.4 Å². The smallest absolute Gasteiger partial charge is 0.328 e. The van der Waals surface area contributed by atoms with Gasteiger partial charge in [-0.2, -0.15) is 10.5 Å². The topological polar surface area (TPSA) is 299 Å². The minimum Gasteiger partial charge on any atom is -0.492 e. The molecule has 0 saturated carbocycles. The van der Waals surface area contributed by atoms with Crippen molar-refractivity contribution >= 4 is 103 Å². The van der Waals surface area contributed by atoms with E-state index in [9.17, 15) is 29.7 Å². The molecule has 8 rings (SSSR count). The van der Waals surface area contributed by atoms with Gasteiger partial charge in [0.25, 0.3) is 0 Å². The summed E-state index contributed by atoms with van der Waals surface area (Å²) in [5, 5.41) is 49.7. The van der Waals surface area contributed by atoms with E-state index in [-0.39, 0.29) is 25.0 Å². The van der Waals surface area contributed by atoms with Crippen LogP contribution in [0.2, 0.25) is 10.0 Å². The van der Waals surface area contributed by atoms with Crippen LogP contribution in [0.25, 0.3) is 21.8 Å². The van der Waals surface area contributed by atoms with Gasteiger partial charge >= 0.3 is 11.9 Å². The Morgan fingerprint density at radius 1 is 0.545 bits per heavy atom. The Balaban J connectivity index is 0.000000250. The predicted octanol–water partition coefficient (Wildman–Crippen LogP) is 11.6. The number of ether oxygens (including phenoxy) is 4. The first-order valence-electron chi connectivity index (χ1n) is 26.9. The van der Waals surface area contributed by atoms with E-state index < -0.39 is 11.9 Å². The summed E-state index contributed by atoms with van der Waals surface area (Å²) in [7, 11) is 7.68. The van der Waals surface area contributed by atoms with Gasteiger partial charge in [-0.05, 0) is 115 Å². The molecule has 0 aliphatic carbocycles. The number of benzene rings is 4. The summed E-state index contributed by atoms with van der Waals surface area (Å²) in [6, 6.07) is 33.1. The first-order chi connectivity index (χ1) is 42.4. The molecule has 0 spiro atoms. The molecule has 0 fully saturated rings. The number of carboxylic acid groups (broad SMARTS) is 2. The van der Waals surface area contributed by atoms with Crippen LogP contribution in [0.15, 0.2) is 158 Å². The molecule has 0 saturated heterocycles. The molecular weight excluding hydrogens is 1170 g/mol. The molecule has 4 aromatic heterocycles. The summed E-state index contributed by atoms with van der Waals surface area (Å²) < 4.78 is 23.2. The van der Waals surface area contributed by atoms with Crippen LogP contribution < -0.4 is 40.2 Å². The summed E-state index contributed by atoms with van der Waals surface area (Å²) in [5.74, 6) is -1.14. The quantitative estimate of drug-likeness (QED) is 0.0306. The van der Waals surface area contributed by atoms with Crippen LogP contribution >= 0.6 is 23.2 Å². The largest absolute Gasteiger partial charge is 0.492 e. The number of carbonyl (C=O) groups is 4. The summed E-state index contributed by atoms with van der Waals surface area (Å²) in [6.07, 6.45) is 14.0. The van der Waals surface area contributed by atoms with Gasteiger partial charge in [-0.15, -0.1) is 0 Å². The zero-order valence-corrected chi connectivity index (χ0v) is 50.3. The van der Waals surface area contributed by atoms with Gasteiger partial charge in [0.05, 0.1) is 79.6 Å². The Bertz CT molecular complexity index is 3680. The second-order valence-corrected chi connectivity index (χ2v) is 19.8. The van der Waals surface area contributed by atoms with E-state index in [1.54, 1.807) is 85.2 Å². The lowest BCUT2D eigenvalue weighted by atomic mass is 10.1. The van der Waals surface area contributed by atoms with Crippen molar-refractivity contribution < 1.29 is 48.3 Å². The standard InChI is InChI=1S/2C30H29ClN6O3.C4H4O4/c2*1-4-39-28-16-25-23(15-26(28)36-29(38)9-7-13-37(2)3)30(20(17-32)18-34-25)35-21-10-11-27(24(31)14-21)40-19-22-8-5-6-12-33-22;5-3(6)1-2-4(7)8/h2*5-12,14-16,18H,4,13,19H2,1-3H3,(H,34,35)(H,36,38);1-2H,(H,5,6)(H,7,8)/b2*9-7+;2-1-. The van der Waals surface area contributed by atoms with Gasteiger partial charge in [-0.1, -0.05) is 47.5 Å². The predicted molar refractivity (Wildman–Crippen MR) is 339 cm³/mol. The Kier molecular flexibility index (Phi) is 25.5. The molecule has 0 radical (unpaired) electrons. The van der Waals surface area contributed by atoms with E-state index >= 15 is 0 Å². The van der Waals surface area contributed by atoms with Crippen molar-refractivity contribution in [1.82, 2.24) is 29.7 Å². The molecule has 22 nitrogen and oxygen atoms in total. The average Bonchev–Trinajstić information content (AvgIpc) is 1.17. The Hall–Kier alpha value is -10.6. The van der Waals surface area contributed by atoms with E-state index in [1.807, 2.05) is 88.2 Å². The number of hydrogen-bond acceptors (Lipinski definition) is 18. The molecule has 24 heteroatoms. The Morgan fingerprint density at radius 2 is 0.955 bits per heavy atom. The first kappa shape index (κ1) is 66.5. The number of nitriles is 2. The van der Waals surface area contributed by atoms with E-state index in [1.165, 1.54) is 24.5 Å². The average molecular weight is 1230 g/mol. The maximum Gasteiger partial charge on any atom is 0.328 e. The highest BCUT2D eigenvalue weighted by molar-refractivity contribution is 6.32. The molecule has 4 aromatic carbocycles. The van der Waals surface area contributed by atoms with Crippen LogP contribution in [-0.4, -0.2) is 118 Å². The van der Waals surface area contributed by atoms with Crippen molar-refractivity contribution in [3.05, 3.63) is 191 Å². The number of nitrogens with one attached hydrogen (secondary N) is 4. The highest BCUT2D eigenvalue weighted by Crippen LogP contribution is 2.40. The number of aromatic nitrogens is 4. The normalized spacial score (nSPS) is 10.9. The molecule has 0 bridgehead atoms. The van der Waals surface area contributed by atoms with Gasteiger partial charge < -0.3 is 60.2 Å². The summed E-state index contributed by atoms with van der Waals surface area (Å²) in [5.41, 5.74) is 6.65. The minimum absolute atomic E-state index is 0.280. The molecule has 6 N–H and O–H groups in total. The molecule has 0 unspecified atom stereocenters. The molecular formula is C64H62Cl2N12O10. The van der Waals surface area contributed by atoms with Crippen molar-refractivity contribution in [2.75, 3.05) is 75.8 Å². The number of halogens is 2. The second-order valence-electron chi connectivity index (χ2n) is 19.0. The maximum atomic E-state index is 12.6. The summed E-state index contributed by atoms with van der Waals surface area (Å²) in [6.45, 7) is 6.34. The van der Waals surface area contributed by atoms with Crippen LogP contribution in [-0.2, 0) is 32.4 Å². The SMILES string of the molecule is CCOc1cc2ncc(C#N)c(Nc3ccc(OCc4ccccn4)c(Cl)c3)c2cc1NC(=O)/C=C/CN(C)C.CCOc1cc2ncc(C#N)c(Nc3ccc(OCc4ccccn4)c(Cl)c3)c2cc1NC(=O)/C=C/CN(C)C.O=C(O)/C=C\C(=O)O. The molecule has 4 heterocycles. The fraction of sp³-hybridized carbons (Fsp3) is 0.188. The van der Waals surface area contributed by atoms with Crippen LogP contribution in [0.5, 0.6) is 23.0 Å². The van der Waals surface area contributed by atoms with Crippen molar-refractivity contribution in [1.29, 1.82) is 10.5 Å². The highest BCUT2D eigenvalue weighted by Gasteiger charge is 2.19. The number of carbonyl (C=O) groups excluding carboxylic acids is 2. The second kappa shape index (κ2) is 33.8. The monoisotopic (exact) mass is 1230 g/mol. The number of carboxylic acids is 2. The number of fused-ring (bicyclic) bond motifs is 2. The van der Waals surface area contributed by atoms with Crippen molar-refractivity contribution in [3.63, 3.8) is 0 Å². The molecule has 8 aromatic rings. The third-order valence-electron chi connectivity index (χ3n) is 11.7. The van der Waals surface area contributed by atoms with Crippen molar-refractivity contribution in [2.45, 2.75) is 27.1 Å². The van der Waals surface area contributed by atoms with Gasteiger partial charge in [-0.25, -0.2) is 9.59 Å². The molecule has 0 aliphatic rings. The molecule has 0 aliphatic heterocycles. The van der Waals surface area contributed by atoms with E-state index in [2.05, 4.69) is 53.3 Å². The number of anilines is 6. The van der Waals surface area contributed by atoms with Crippen LogP contribution in [0, 0.1) is 22.7 Å². The van der Waals surface area contributed by atoms with Crippen LogP contribution in [0.1, 0.15) is 36.4 Å². The van der Waals surface area contributed by atoms with Gasteiger partial charge in [0, 0.05) is 96.5 Å². The van der Waals surface area contributed by atoms with Gasteiger partial charge in [0.2, 0.25) is 11.8 Å². The maximum absolute atomic E-state index is 12.6. The van der Waals surface area contributed by atoms with Gasteiger partial charge in [-0.3, -0.25) is 29.5 Å². The number of nitrogens with zero attached hydrogens (tertiary/aromatic N) is 8. The summed E-state index contributed by atoms with van der Waals surface area (Å²) >= 11 is 13.0. The number of rotatable bonds is 24. The van der Waals surface area contributed by atoms with Gasteiger partial charge in [0.15, 0.2) is 0 Å². The Morgan fingerprint density at radius 3 is 1.28 bits per heavy atom. The number of likely N-dealkylation sites (N-methyl/N-ethyl adjacent to an activating group) is 2. The molecule has 0 atom stereocenters. The minimum atomic E-state index is -1.26. The van der Waals surface area contributed by atoms with Crippen LogP contribution in [0.3, 0.4) is 0 Å². The zero-order chi connectivity index (χ0) is 63.5. The number of amides is 2. The van der Waals surface area contributed by atoms with E-state index in [0.29, 0.717) is 139 Å². The lowest BCUT2D eigenvalue weighted by Crippen LogP contribution is -2.13. The lowest BCUT2D eigenvalue weighted by Gasteiger charge is -2.16. The fourth-order valence-corrected chi connectivity index (χ4v) is 8.28. The highest BCUT2D eigenvalue weighted by atomic mass is 35.5.